The summed E-state index contributed by atoms with van der Waals surface area (Å²) < 4.78 is 23.7. The van der Waals surface area contributed by atoms with Gasteiger partial charge in [0.15, 0.2) is 5.65 Å². The molecular weight excluding hydrogens is 627 g/mol. The van der Waals surface area contributed by atoms with Gasteiger partial charge in [0.1, 0.15) is 41.6 Å². The third-order valence-corrected chi connectivity index (χ3v) is 9.52. The largest absolute Gasteiger partial charge is 0.457 e. The smallest absolute Gasteiger partial charge is 0.255 e. The van der Waals surface area contributed by atoms with Crippen molar-refractivity contribution >= 4 is 34.6 Å². The first kappa shape index (κ1) is 30.6. The van der Waals surface area contributed by atoms with Crippen LogP contribution in [0.5, 0.6) is 11.5 Å². The number of fused-ring (bicyclic) bond motifs is 2. The molecule has 0 bridgehead atoms. The maximum atomic E-state index is 16.1. The van der Waals surface area contributed by atoms with Gasteiger partial charge in [-0.05, 0) is 66.4 Å². The molecule has 0 aliphatic carbocycles. The molecule has 2 saturated heterocycles. The van der Waals surface area contributed by atoms with Crippen LogP contribution in [0.3, 0.4) is 0 Å². The Morgan fingerprint density at radius 1 is 0.959 bits per heavy atom. The van der Waals surface area contributed by atoms with Gasteiger partial charge in [0.05, 0.1) is 11.4 Å². The van der Waals surface area contributed by atoms with Crippen molar-refractivity contribution in [2.75, 3.05) is 18.8 Å². The molecule has 2 fully saturated rings. The Hall–Kier alpha value is -5.69. The quantitative estimate of drug-likeness (QED) is 0.242. The highest BCUT2D eigenvalue weighted by Gasteiger charge is 2.39. The predicted molar refractivity (Wildman–Crippen MR) is 178 cm³/mol. The van der Waals surface area contributed by atoms with Crippen LogP contribution in [0.2, 0.25) is 0 Å². The number of para-hydroxylation sites is 1. The summed E-state index contributed by atoms with van der Waals surface area (Å²) in [5.74, 6) is 0.696. The summed E-state index contributed by atoms with van der Waals surface area (Å²) in [6.45, 7) is 1.60. The van der Waals surface area contributed by atoms with Crippen LogP contribution >= 0.6 is 0 Å². The van der Waals surface area contributed by atoms with Crippen LogP contribution < -0.4 is 15.8 Å². The maximum Gasteiger partial charge on any atom is 0.255 e. The molecule has 1 unspecified atom stereocenters. The van der Waals surface area contributed by atoms with E-state index in [1.807, 2.05) is 66.7 Å². The molecule has 5 heterocycles. The maximum absolute atomic E-state index is 16.1. The van der Waals surface area contributed by atoms with E-state index in [-0.39, 0.29) is 30.6 Å². The lowest BCUT2D eigenvalue weighted by Gasteiger charge is -2.34. The summed E-state index contributed by atoms with van der Waals surface area (Å²) in [6.07, 6.45) is 1.15. The molecule has 5 aromatic rings. The Labute approximate surface area is 280 Å². The molecule has 8 rings (SSSR count). The normalized spacial score (nSPS) is 21.2. The van der Waals surface area contributed by atoms with Crippen molar-refractivity contribution in [3.8, 4) is 22.8 Å². The number of anilines is 1. The minimum atomic E-state index is -1.23. The molecule has 0 spiro atoms. The van der Waals surface area contributed by atoms with Gasteiger partial charge in [-0.2, -0.15) is 5.10 Å². The van der Waals surface area contributed by atoms with Crippen molar-refractivity contribution in [3.63, 3.8) is 0 Å². The molecular formula is C36H33FN8O4. The van der Waals surface area contributed by atoms with E-state index in [1.54, 1.807) is 10.7 Å². The molecule has 3 aliphatic heterocycles. The molecule has 0 radical (unpaired) electrons. The molecule has 3 aromatic carbocycles. The average molecular weight is 661 g/mol. The number of carbonyl (C=O) groups excluding carboxylic acids is 3. The standard InChI is InChI=1S/C36H33FN8O4/c37-27-19-43(17-21-6-11-26-23(16-21)18-44(36(26)48)29-12-13-30(46)41-35(29)47)15-14-28(27)45-34-31(33(38)39-20-40-34)32(42-45)22-7-9-25(10-8-22)49-24-4-2-1-3-5-24/h1-11,16,20,27-29H,12-15,17-19H2,(H2,38,39,40)(H,41,46,47)/t27-,28-,29?/m1/s1. The van der Waals surface area contributed by atoms with Crippen molar-refractivity contribution in [2.24, 2.45) is 0 Å². The minimum absolute atomic E-state index is 0.186. The van der Waals surface area contributed by atoms with Gasteiger partial charge in [-0.15, -0.1) is 0 Å². The summed E-state index contributed by atoms with van der Waals surface area (Å²) in [5, 5.41) is 7.78. The van der Waals surface area contributed by atoms with E-state index in [2.05, 4.69) is 20.2 Å². The molecule has 3 atom stereocenters. The number of alkyl halides is 1. The fraction of sp³-hybridized carbons (Fsp3) is 0.278. The molecule has 3 aliphatic rings. The number of nitrogens with two attached hydrogens (primary N) is 1. The first-order chi connectivity index (χ1) is 23.8. The number of ether oxygens (including phenoxy) is 1. The molecule has 3 N–H and O–H groups in total. The van der Waals surface area contributed by atoms with Crippen LogP contribution in [0.25, 0.3) is 22.3 Å². The van der Waals surface area contributed by atoms with Gasteiger partial charge >= 0.3 is 0 Å². The van der Waals surface area contributed by atoms with Crippen LogP contribution in [-0.4, -0.2) is 72.6 Å². The Bertz CT molecular complexity index is 2090. The van der Waals surface area contributed by atoms with Gasteiger partial charge in [-0.3, -0.25) is 24.6 Å². The number of imide groups is 1. The summed E-state index contributed by atoms with van der Waals surface area (Å²) in [6, 6.07) is 21.4. The lowest BCUT2D eigenvalue weighted by molar-refractivity contribution is -0.136. The molecule has 13 heteroatoms. The number of nitrogen functional groups attached to an aromatic ring is 1. The minimum Gasteiger partial charge on any atom is -0.457 e. The predicted octanol–water partition coefficient (Wildman–Crippen LogP) is 4.41. The Morgan fingerprint density at radius 3 is 2.53 bits per heavy atom. The lowest BCUT2D eigenvalue weighted by Crippen LogP contribution is -2.52. The summed E-state index contributed by atoms with van der Waals surface area (Å²) in [4.78, 5) is 49.4. The fourth-order valence-electron chi connectivity index (χ4n) is 7.09. The topological polar surface area (TPSA) is 149 Å². The van der Waals surface area contributed by atoms with Crippen molar-refractivity contribution in [1.29, 1.82) is 0 Å². The third kappa shape index (κ3) is 5.75. The zero-order valence-electron chi connectivity index (χ0n) is 26.5. The number of amides is 3. The fourth-order valence-corrected chi connectivity index (χ4v) is 7.09. The SMILES string of the molecule is Nc1ncnc2c1c(-c1ccc(Oc3ccccc3)cc1)nn2[C@@H]1CCN(Cc2ccc3c(c2)CN(C2CCC(=O)NC2=O)C3=O)C[C@H]1F. The van der Waals surface area contributed by atoms with Gasteiger partial charge in [0.2, 0.25) is 11.8 Å². The van der Waals surface area contributed by atoms with Crippen molar-refractivity contribution in [1.82, 2.24) is 34.9 Å². The number of hydrogen-bond donors (Lipinski definition) is 2. The zero-order valence-corrected chi connectivity index (χ0v) is 26.5. The van der Waals surface area contributed by atoms with E-state index in [9.17, 15) is 14.4 Å². The lowest BCUT2D eigenvalue weighted by atomic mass is 10.0. The van der Waals surface area contributed by atoms with Crippen molar-refractivity contribution in [3.05, 3.63) is 95.8 Å². The second kappa shape index (κ2) is 12.4. The van der Waals surface area contributed by atoms with Crippen LogP contribution in [0.4, 0.5) is 10.2 Å². The van der Waals surface area contributed by atoms with E-state index < -0.39 is 24.2 Å². The molecule has 49 heavy (non-hydrogen) atoms. The number of piperidine rings is 2. The number of carbonyl (C=O) groups is 3. The highest BCUT2D eigenvalue weighted by molar-refractivity contribution is 6.05. The average Bonchev–Trinajstić information content (AvgIpc) is 3.64. The molecule has 248 valence electrons. The number of halogens is 1. The van der Waals surface area contributed by atoms with Crippen molar-refractivity contribution in [2.45, 2.75) is 50.6 Å². The van der Waals surface area contributed by atoms with Crippen LogP contribution in [0, 0.1) is 0 Å². The van der Waals surface area contributed by atoms with Gasteiger partial charge in [0, 0.05) is 43.7 Å². The Balaban J connectivity index is 0.972. The summed E-state index contributed by atoms with van der Waals surface area (Å²) in [7, 11) is 0. The number of nitrogens with zero attached hydrogens (tertiary/aromatic N) is 6. The second-order valence-corrected chi connectivity index (χ2v) is 12.7. The van der Waals surface area contributed by atoms with Gasteiger partial charge in [-0.1, -0.05) is 30.3 Å². The van der Waals surface area contributed by atoms with Crippen LogP contribution in [0.1, 0.15) is 46.8 Å². The first-order valence-electron chi connectivity index (χ1n) is 16.3. The molecule has 12 nitrogen and oxygen atoms in total. The highest BCUT2D eigenvalue weighted by atomic mass is 19.1. The van der Waals surface area contributed by atoms with Crippen LogP contribution in [-0.2, 0) is 22.7 Å². The third-order valence-electron chi connectivity index (χ3n) is 9.52. The summed E-state index contributed by atoms with van der Waals surface area (Å²) >= 11 is 0. The molecule has 2 aromatic heterocycles. The Morgan fingerprint density at radius 2 is 1.76 bits per heavy atom. The van der Waals surface area contributed by atoms with Crippen molar-refractivity contribution < 1.29 is 23.5 Å². The van der Waals surface area contributed by atoms with Gasteiger partial charge in [-0.25, -0.2) is 19.0 Å². The number of nitrogens with one attached hydrogen (secondary N) is 1. The molecule has 3 amide bonds. The van der Waals surface area contributed by atoms with Crippen LogP contribution in [0.15, 0.2) is 79.1 Å². The second-order valence-electron chi connectivity index (χ2n) is 12.7. The number of hydrogen-bond acceptors (Lipinski definition) is 9. The van der Waals surface area contributed by atoms with E-state index >= 15 is 4.39 Å². The van der Waals surface area contributed by atoms with Gasteiger partial charge < -0.3 is 15.4 Å². The van der Waals surface area contributed by atoms with E-state index in [1.165, 1.54) is 11.2 Å². The number of aromatic nitrogens is 4. The monoisotopic (exact) mass is 660 g/mol. The van der Waals surface area contributed by atoms with E-state index in [0.717, 1.165) is 22.4 Å². The number of benzene rings is 3. The summed E-state index contributed by atoms with van der Waals surface area (Å²) in [5.41, 5.74) is 10.5. The Kier molecular flexibility index (Phi) is 7.75. The first-order valence-corrected chi connectivity index (χ1v) is 16.3. The highest BCUT2D eigenvalue weighted by Crippen LogP contribution is 2.36. The number of rotatable bonds is 7. The zero-order chi connectivity index (χ0) is 33.6. The number of likely N-dealkylation sites (tertiary alicyclic amines) is 1. The van der Waals surface area contributed by atoms with E-state index in [4.69, 9.17) is 15.6 Å². The molecule has 0 saturated carbocycles. The van der Waals surface area contributed by atoms with Gasteiger partial charge in [0.25, 0.3) is 5.91 Å². The van der Waals surface area contributed by atoms with E-state index in [0.29, 0.717) is 60.5 Å².